The minimum Gasteiger partial charge on any atom is -0.324 e. The number of sulfonamides is 1. The summed E-state index contributed by atoms with van der Waals surface area (Å²) in [6, 6.07) is 5.22. The van der Waals surface area contributed by atoms with Crippen LogP contribution < -0.4 is 15.4 Å². The highest BCUT2D eigenvalue weighted by atomic mass is 32.2. The molecule has 11 heteroatoms. The van der Waals surface area contributed by atoms with Gasteiger partial charge in [-0.3, -0.25) is 24.2 Å². The van der Waals surface area contributed by atoms with E-state index >= 15 is 0 Å². The molecular weight excluding hydrogens is 434 g/mol. The number of carbonyl (C=O) groups excluding carboxylic acids is 3. The predicted octanol–water partition coefficient (Wildman–Crippen LogP) is 1.60. The van der Waals surface area contributed by atoms with E-state index in [1.807, 2.05) is 6.92 Å². The van der Waals surface area contributed by atoms with Crippen molar-refractivity contribution in [3.63, 3.8) is 0 Å². The van der Waals surface area contributed by atoms with Crippen molar-refractivity contribution in [1.29, 1.82) is 0 Å². The average Bonchev–Trinajstić information content (AvgIpc) is 3.33. The number of amides is 4. The molecule has 1 aliphatic carbocycles. The molecule has 2 heterocycles. The van der Waals surface area contributed by atoms with Gasteiger partial charge in [0.05, 0.1) is 4.90 Å². The second-order valence-electron chi connectivity index (χ2n) is 8.55. The van der Waals surface area contributed by atoms with Gasteiger partial charge in [-0.2, -0.15) is 0 Å². The molecule has 1 aromatic rings. The molecule has 4 amide bonds. The molecule has 10 nitrogen and oxygen atoms in total. The molecule has 3 N–H and O–H groups in total. The first kappa shape index (κ1) is 22.3. The average molecular weight is 462 g/mol. The molecule has 2 aliphatic heterocycles. The van der Waals surface area contributed by atoms with Crippen LogP contribution in [0.5, 0.6) is 0 Å². The summed E-state index contributed by atoms with van der Waals surface area (Å²) in [5, 5.41) is 5.39. The van der Waals surface area contributed by atoms with E-state index in [1.165, 1.54) is 18.2 Å². The predicted molar refractivity (Wildman–Crippen MR) is 118 cm³/mol. The lowest BCUT2D eigenvalue weighted by atomic mass is 9.73. The molecule has 0 radical (unpaired) electrons. The number of nitrogens with one attached hydrogen (secondary N) is 3. The number of benzene rings is 1. The van der Waals surface area contributed by atoms with Crippen LogP contribution in [-0.2, 0) is 19.6 Å². The molecule has 0 unspecified atom stereocenters. The molecule has 1 spiro atoms. The van der Waals surface area contributed by atoms with Gasteiger partial charge >= 0.3 is 6.03 Å². The quantitative estimate of drug-likeness (QED) is 0.572. The first-order valence-corrected chi connectivity index (χ1v) is 12.3. The first-order chi connectivity index (χ1) is 15.2. The monoisotopic (exact) mass is 461 g/mol. The Labute approximate surface area is 186 Å². The molecule has 2 fully saturated rings. The van der Waals surface area contributed by atoms with Crippen LogP contribution in [0.2, 0.25) is 0 Å². The van der Waals surface area contributed by atoms with Crippen LogP contribution in [0, 0.1) is 5.92 Å². The van der Waals surface area contributed by atoms with E-state index in [-0.39, 0.29) is 22.4 Å². The normalized spacial score (nSPS) is 25.6. The maximum absolute atomic E-state index is 13.0. The standard InChI is InChI=1S/C21H27N5O5S/c1-14-6-2-3-10-21(14)19(28)26(20(29)24-21)13-18(27)23-15-7-4-8-16(12-15)32(30,31)25-17-9-5-11-22-17/h4,7-8,12,14H,2-3,5-6,9-11,13H2,1H3,(H,22,25)(H,23,27)(H,24,29)/t14-,21+/m1/s1. The van der Waals surface area contributed by atoms with Gasteiger partial charge in [-0.25, -0.2) is 13.2 Å². The smallest absolute Gasteiger partial charge is 0.324 e. The Bertz CT molecular complexity index is 1090. The Morgan fingerprint density at radius 1 is 1.28 bits per heavy atom. The highest BCUT2D eigenvalue weighted by Crippen LogP contribution is 2.38. The largest absolute Gasteiger partial charge is 0.325 e. The Morgan fingerprint density at radius 2 is 2.09 bits per heavy atom. The van der Waals surface area contributed by atoms with Gasteiger partial charge in [0.2, 0.25) is 5.91 Å². The lowest BCUT2D eigenvalue weighted by Gasteiger charge is -2.36. The molecule has 0 bridgehead atoms. The second kappa shape index (κ2) is 8.53. The van der Waals surface area contributed by atoms with Crippen molar-refractivity contribution in [3.05, 3.63) is 24.3 Å². The van der Waals surface area contributed by atoms with Crippen LogP contribution in [-0.4, -0.2) is 55.6 Å². The Morgan fingerprint density at radius 3 is 2.81 bits per heavy atom. The van der Waals surface area contributed by atoms with Gasteiger partial charge in [0, 0.05) is 18.7 Å². The van der Waals surface area contributed by atoms with Crippen LogP contribution in [0.1, 0.15) is 45.4 Å². The van der Waals surface area contributed by atoms with Gasteiger partial charge in [-0.1, -0.05) is 25.8 Å². The first-order valence-electron chi connectivity index (χ1n) is 10.8. The molecule has 0 aromatic heterocycles. The molecular formula is C21H27N5O5S. The van der Waals surface area contributed by atoms with Gasteiger partial charge in [0.15, 0.2) is 0 Å². The van der Waals surface area contributed by atoms with Gasteiger partial charge < -0.3 is 10.6 Å². The number of amidine groups is 1. The maximum Gasteiger partial charge on any atom is 0.325 e. The number of carbonyl (C=O) groups is 3. The number of aliphatic imine (C=N–C) groups is 1. The zero-order valence-electron chi connectivity index (χ0n) is 17.9. The van der Waals surface area contributed by atoms with Crippen LogP contribution >= 0.6 is 0 Å². The fraction of sp³-hybridized carbons (Fsp3) is 0.524. The maximum atomic E-state index is 13.0. The summed E-state index contributed by atoms with van der Waals surface area (Å²) in [4.78, 5) is 43.1. The van der Waals surface area contributed by atoms with Crippen molar-refractivity contribution in [2.75, 3.05) is 18.4 Å². The van der Waals surface area contributed by atoms with Crippen LogP contribution in [0.25, 0.3) is 0 Å². The van der Waals surface area contributed by atoms with E-state index in [4.69, 9.17) is 0 Å². The van der Waals surface area contributed by atoms with E-state index in [0.717, 1.165) is 30.6 Å². The van der Waals surface area contributed by atoms with Crippen LogP contribution in [0.3, 0.4) is 0 Å². The van der Waals surface area contributed by atoms with Gasteiger partial charge in [0.25, 0.3) is 15.9 Å². The molecule has 1 saturated heterocycles. The third-order valence-corrected chi connectivity index (χ3v) is 7.74. The molecule has 3 aliphatic rings. The molecule has 32 heavy (non-hydrogen) atoms. The Hall–Kier alpha value is -2.95. The number of nitrogens with zero attached hydrogens (tertiary/aromatic N) is 2. The fourth-order valence-electron chi connectivity index (χ4n) is 4.56. The number of hydrogen-bond donors (Lipinski definition) is 3. The third-order valence-electron chi connectivity index (χ3n) is 6.36. The molecule has 4 rings (SSSR count). The fourth-order valence-corrected chi connectivity index (χ4v) is 5.70. The second-order valence-corrected chi connectivity index (χ2v) is 10.2. The molecule has 1 aromatic carbocycles. The van der Waals surface area contributed by atoms with E-state index in [0.29, 0.717) is 25.2 Å². The molecule has 2 atom stereocenters. The third kappa shape index (κ3) is 4.21. The summed E-state index contributed by atoms with van der Waals surface area (Å²) in [5.74, 6) is -0.539. The summed E-state index contributed by atoms with van der Waals surface area (Å²) >= 11 is 0. The number of anilines is 1. The van der Waals surface area contributed by atoms with E-state index in [2.05, 4.69) is 20.3 Å². The van der Waals surface area contributed by atoms with Crippen LogP contribution in [0.4, 0.5) is 10.5 Å². The Kier molecular flexibility index (Phi) is 5.93. The summed E-state index contributed by atoms with van der Waals surface area (Å²) in [5.41, 5.74) is -0.683. The number of imide groups is 1. The zero-order chi connectivity index (χ0) is 22.9. The van der Waals surface area contributed by atoms with Gasteiger partial charge in [0.1, 0.15) is 17.9 Å². The van der Waals surface area contributed by atoms with Crippen molar-refractivity contribution in [2.24, 2.45) is 10.9 Å². The van der Waals surface area contributed by atoms with Crippen LogP contribution in [0.15, 0.2) is 34.2 Å². The summed E-state index contributed by atoms with van der Waals surface area (Å²) < 4.78 is 27.6. The summed E-state index contributed by atoms with van der Waals surface area (Å²) in [6.07, 6.45) is 4.63. The van der Waals surface area contributed by atoms with Gasteiger partial charge in [-0.05, 0) is 43.4 Å². The van der Waals surface area contributed by atoms with E-state index in [9.17, 15) is 22.8 Å². The van der Waals surface area contributed by atoms with Crippen molar-refractivity contribution in [3.8, 4) is 0 Å². The lowest BCUT2D eigenvalue weighted by Crippen LogP contribution is -2.54. The highest BCUT2D eigenvalue weighted by Gasteiger charge is 2.55. The van der Waals surface area contributed by atoms with Crippen molar-refractivity contribution in [1.82, 2.24) is 14.9 Å². The summed E-state index contributed by atoms with van der Waals surface area (Å²) in [7, 11) is -3.83. The number of rotatable bonds is 5. The highest BCUT2D eigenvalue weighted by molar-refractivity contribution is 7.90. The molecule has 1 saturated carbocycles. The number of hydrogen-bond acceptors (Lipinski definition) is 6. The number of urea groups is 1. The Balaban J connectivity index is 1.43. The van der Waals surface area contributed by atoms with E-state index in [1.54, 1.807) is 6.07 Å². The minimum absolute atomic E-state index is 0.000351. The van der Waals surface area contributed by atoms with Crippen molar-refractivity contribution < 1.29 is 22.8 Å². The SMILES string of the molecule is C[C@@H]1CCCC[C@]12NC(=O)N(CC(=O)Nc1cccc(S(=O)(=O)NC3=NCCC3)c1)C2=O. The van der Waals surface area contributed by atoms with Crippen molar-refractivity contribution >= 4 is 39.4 Å². The minimum atomic E-state index is -3.83. The summed E-state index contributed by atoms with van der Waals surface area (Å²) in [6.45, 7) is 2.10. The lowest BCUT2D eigenvalue weighted by molar-refractivity contribution is -0.136. The molecule has 172 valence electrons. The van der Waals surface area contributed by atoms with Gasteiger partial charge in [-0.15, -0.1) is 0 Å². The zero-order valence-corrected chi connectivity index (χ0v) is 18.7. The topological polar surface area (TPSA) is 137 Å². The van der Waals surface area contributed by atoms with E-state index < -0.39 is 34.0 Å². The van der Waals surface area contributed by atoms with Crippen molar-refractivity contribution in [2.45, 2.75) is 55.9 Å².